The van der Waals surface area contributed by atoms with Gasteiger partial charge in [0.25, 0.3) is 0 Å². The quantitative estimate of drug-likeness (QED) is 0.735. The standard InChI is InChI=1S/C17H23N5O4/c1-25-13-7-11-12(8-14(13)26-2)20-16(21-15(11)18)22-5-3-10(4-6-22)9-19-17(23)24/h7-8,10,19H,3-6,9H2,1-2H3,(H,23,24)(H2,18,20,21). The second kappa shape index (κ2) is 7.51. The summed E-state index contributed by atoms with van der Waals surface area (Å²) in [5, 5.41) is 11.9. The molecule has 1 aliphatic rings. The summed E-state index contributed by atoms with van der Waals surface area (Å²) in [5.74, 6) is 2.45. The molecular formula is C17H23N5O4. The number of fused-ring (bicyclic) bond motifs is 1. The molecule has 0 atom stereocenters. The molecule has 26 heavy (non-hydrogen) atoms. The zero-order valence-corrected chi connectivity index (χ0v) is 14.9. The Morgan fingerprint density at radius 3 is 2.54 bits per heavy atom. The number of aromatic nitrogens is 2. The Kier molecular flexibility index (Phi) is 5.15. The fraction of sp³-hybridized carbons (Fsp3) is 0.471. The maximum atomic E-state index is 10.6. The van der Waals surface area contributed by atoms with Crippen molar-refractivity contribution in [2.24, 2.45) is 5.92 Å². The van der Waals surface area contributed by atoms with Gasteiger partial charge in [0.15, 0.2) is 11.5 Å². The lowest BCUT2D eigenvalue weighted by molar-refractivity contribution is 0.191. The van der Waals surface area contributed by atoms with Gasteiger partial charge in [-0.2, -0.15) is 4.98 Å². The average molecular weight is 361 g/mol. The monoisotopic (exact) mass is 361 g/mol. The van der Waals surface area contributed by atoms with Gasteiger partial charge in [-0.15, -0.1) is 0 Å². The normalized spacial score (nSPS) is 15.1. The molecule has 3 rings (SSSR count). The molecule has 1 aromatic carbocycles. The number of anilines is 2. The van der Waals surface area contributed by atoms with Crippen molar-refractivity contribution in [3.8, 4) is 11.5 Å². The van der Waals surface area contributed by atoms with Gasteiger partial charge in [0.1, 0.15) is 5.82 Å². The van der Waals surface area contributed by atoms with E-state index in [1.165, 1.54) is 0 Å². The van der Waals surface area contributed by atoms with E-state index in [0.29, 0.717) is 46.6 Å². The molecule has 140 valence electrons. The molecule has 0 aliphatic carbocycles. The van der Waals surface area contributed by atoms with Crippen LogP contribution in [0.2, 0.25) is 0 Å². The number of rotatable bonds is 5. The minimum atomic E-state index is -0.984. The van der Waals surface area contributed by atoms with Crippen LogP contribution in [0.25, 0.3) is 10.9 Å². The number of nitrogens with two attached hydrogens (primary N) is 1. The van der Waals surface area contributed by atoms with Crippen LogP contribution in [-0.2, 0) is 0 Å². The van der Waals surface area contributed by atoms with E-state index < -0.39 is 6.09 Å². The SMILES string of the molecule is COc1cc2nc(N3CCC(CNC(=O)O)CC3)nc(N)c2cc1OC. The van der Waals surface area contributed by atoms with Gasteiger partial charge in [0.2, 0.25) is 5.95 Å². The topological polar surface area (TPSA) is 123 Å². The highest BCUT2D eigenvalue weighted by molar-refractivity contribution is 5.91. The van der Waals surface area contributed by atoms with Gasteiger partial charge < -0.3 is 30.5 Å². The second-order valence-electron chi connectivity index (χ2n) is 6.25. The second-order valence-corrected chi connectivity index (χ2v) is 6.25. The molecule has 9 heteroatoms. The minimum Gasteiger partial charge on any atom is -0.493 e. The first-order valence-corrected chi connectivity index (χ1v) is 8.42. The Hall–Kier alpha value is -2.97. The highest BCUT2D eigenvalue weighted by Gasteiger charge is 2.22. The summed E-state index contributed by atoms with van der Waals surface area (Å²) in [6.45, 7) is 1.98. The van der Waals surface area contributed by atoms with Gasteiger partial charge in [-0.1, -0.05) is 0 Å². The van der Waals surface area contributed by atoms with Gasteiger partial charge in [-0.05, 0) is 24.8 Å². The Bertz CT molecular complexity index is 805. The first kappa shape index (κ1) is 17.8. The van der Waals surface area contributed by atoms with E-state index in [-0.39, 0.29) is 0 Å². The van der Waals surface area contributed by atoms with E-state index >= 15 is 0 Å². The molecule has 1 amide bonds. The molecule has 2 heterocycles. The number of carbonyl (C=O) groups is 1. The maximum absolute atomic E-state index is 10.6. The van der Waals surface area contributed by atoms with Gasteiger partial charge in [0.05, 0.1) is 19.7 Å². The van der Waals surface area contributed by atoms with E-state index in [9.17, 15) is 4.79 Å². The summed E-state index contributed by atoms with van der Waals surface area (Å²) in [5.41, 5.74) is 6.83. The van der Waals surface area contributed by atoms with Crippen LogP contribution in [0.4, 0.5) is 16.6 Å². The predicted octanol–water partition coefficient (Wildman–Crippen LogP) is 1.71. The molecule has 0 spiro atoms. The summed E-state index contributed by atoms with van der Waals surface area (Å²) in [7, 11) is 3.14. The van der Waals surface area contributed by atoms with Crippen LogP contribution in [0, 0.1) is 5.92 Å². The Morgan fingerprint density at radius 1 is 1.27 bits per heavy atom. The number of benzene rings is 1. The number of nitrogens with one attached hydrogen (secondary N) is 1. The number of carboxylic acid groups (broad SMARTS) is 1. The van der Waals surface area contributed by atoms with Crippen molar-refractivity contribution in [2.75, 3.05) is 44.5 Å². The number of nitrogen functional groups attached to an aromatic ring is 1. The Morgan fingerprint density at radius 2 is 1.92 bits per heavy atom. The Balaban J connectivity index is 1.80. The number of amides is 1. The van der Waals surface area contributed by atoms with Crippen LogP contribution in [0.3, 0.4) is 0 Å². The molecule has 1 aromatic heterocycles. The van der Waals surface area contributed by atoms with Crippen LogP contribution in [0.1, 0.15) is 12.8 Å². The summed E-state index contributed by atoms with van der Waals surface area (Å²) in [6, 6.07) is 3.57. The van der Waals surface area contributed by atoms with Crippen LogP contribution in [0.5, 0.6) is 11.5 Å². The molecule has 2 aromatic rings. The predicted molar refractivity (Wildman–Crippen MR) is 98.0 cm³/mol. The highest BCUT2D eigenvalue weighted by atomic mass is 16.5. The summed E-state index contributed by atoms with van der Waals surface area (Å²) in [6.07, 6.45) is 0.753. The van der Waals surface area contributed by atoms with Crippen LogP contribution >= 0.6 is 0 Å². The van der Waals surface area contributed by atoms with Crippen molar-refractivity contribution in [2.45, 2.75) is 12.8 Å². The fourth-order valence-electron chi connectivity index (χ4n) is 3.18. The van der Waals surface area contributed by atoms with Crippen molar-refractivity contribution in [3.05, 3.63) is 12.1 Å². The van der Waals surface area contributed by atoms with E-state index in [1.807, 2.05) is 0 Å². The molecule has 0 saturated carbocycles. The molecule has 0 unspecified atom stereocenters. The lowest BCUT2D eigenvalue weighted by atomic mass is 9.97. The number of hydrogen-bond acceptors (Lipinski definition) is 7. The van der Waals surface area contributed by atoms with Gasteiger partial charge in [0, 0.05) is 31.1 Å². The van der Waals surface area contributed by atoms with Crippen molar-refractivity contribution < 1.29 is 19.4 Å². The third-order valence-electron chi connectivity index (χ3n) is 4.66. The minimum absolute atomic E-state index is 0.324. The molecule has 1 aliphatic heterocycles. The molecule has 0 bridgehead atoms. The van der Waals surface area contributed by atoms with Crippen molar-refractivity contribution in [1.82, 2.24) is 15.3 Å². The van der Waals surface area contributed by atoms with Crippen LogP contribution in [-0.4, -0.2) is 55.0 Å². The van der Waals surface area contributed by atoms with Gasteiger partial charge in [-0.3, -0.25) is 0 Å². The number of hydrogen-bond donors (Lipinski definition) is 3. The third kappa shape index (κ3) is 3.66. The van der Waals surface area contributed by atoms with E-state index in [1.54, 1.807) is 26.4 Å². The van der Waals surface area contributed by atoms with Crippen molar-refractivity contribution in [3.63, 3.8) is 0 Å². The molecule has 4 N–H and O–H groups in total. The summed E-state index contributed by atoms with van der Waals surface area (Å²) in [4.78, 5) is 21.8. The lowest BCUT2D eigenvalue weighted by Crippen LogP contribution is -2.39. The largest absolute Gasteiger partial charge is 0.493 e. The van der Waals surface area contributed by atoms with E-state index in [0.717, 1.165) is 25.9 Å². The third-order valence-corrected chi connectivity index (χ3v) is 4.66. The summed E-state index contributed by atoms with van der Waals surface area (Å²) >= 11 is 0. The molecule has 1 fully saturated rings. The van der Waals surface area contributed by atoms with E-state index in [2.05, 4.69) is 20.2 Å². The van der Waals surface area contributed by atoms with Gasteiger partial charge in [-0.25, -0.2) is 9.78 Å². The highest BCUT2D eigenvalue weighted by Crippen LogP contribution is 2.34. The number of piperidine rings is 1. The van der Waals surface area contributed by atoms with Gasteiger partial charge >= 0.3 is 6.09 Å². The molecule has 0 radical (unpaired) electrons. The Labute approximate surface area is 151 Å². The lowest BCUT2D eigenvalue weighted by Gasteiger charge is -2.32. The zero-order chi connectivity index (χ0) is 18.7. The van der Waals surface area contributed by atoms with E-state index in [4.69, 9.17) is 20.3 Å². The first-order valence-electron chi connectivity index (χ1n) is 8.42. The molecular weight excluding hydrogens is 338 g/mol. The van der Waals surface area contributed by atoms with Crippen molar-refractivity contribution in [1.29, 1.82) is 0 Å². The molecule has 1 saturated heterocycles. The zero-order valence-electron chi connectivity index (χ0n) is 14.9. The molecule has 9 nitrogen and oxygen atoms in total. The first-order chi connectivity index (χ1) is 12.5. The van der Waals surface area contributed by atoms with Crippen LogP contribution < -0.4 is 25.4 Å². The van der Waals surface area contributed by atoms with Crippen LogP contribution in [0.15, 0.2) is 12.1 Å². The maximum Gasteiger partial charge on any atom is 0.404 e. The number of nitrogens with zero attached hydrogens (tertiary/aromatic N) is 3. The van der Waals surface area contributed by atoms with Crippen molar-refractivity contribution >= 4 is 28.8 Å². The average Bonchev–Trinajstić information content (AvgIpc) is 2.65. The number of methoxy groups -OCH3 is 2. The smallest absolute Gasteiger partial charge is 0.404 e. The summed E-state index contributed by atoms with van der Waals surface area (Å²) < 4.78 is 10.6. The fourth-order valence-corrected chi connectivity index (χ4v) is 3.18. The number of ether oxygens (including phenoxy) is 2.